The SMILES string of the molecule is CC(C)CCC(=O)N1Cc2cccc(c2)CN(C(=O)CCC(C)C)Cc2cncc(c2)CN(C(=O)CCC(C)C)Cc2cncc(c2)C1. The first kappa shape index (κ1) is 36.8. The number of carbonyl (C=O) groups excluding carboxylic acids is 3. The molecule has 0 saturated carbocycles. The van der Waals surface area contributed by atoms with Gasteiger partial charge in [0.05, 0.1) is 0 Å². The van der Waals surface area contributed by atoms with Crippen molar-refractivity contribution in [2.45, 2.75) is 119 Å². The number of pyridine rings is 2. The zero-order valence-electron chi connectivity index (χ0n) is 30.0. The molecule has 2 aromatic heterocycles. The summed E-state index contributed by atoms with van der Waals surface area (Å²) in [4.78, 5) is 55.7. The lowest BCUT2D eigenvalue weighted by molar-refractivity contribution is -0.133. The van der Waals surface area contributed by atoms with Crippen molar-refractivity contribution in [2.24, 2.45) is 17.8 Å². The first-order valence-corrected chi connectivity index (χ1v) is 17.7. The zero-order valence-corrected chi connectivity index (χ0v) is 30.0. The number of amides is 3. The van der Waals surface area contributed by atoms with Crippen molar-refractivity contribution in [1.82, 2.24) is 24.7 Å². The summed E-state index contributed by atoms with van der Waals surface area (Å²) < 4.78 is 0. The van der Waals surface area contributed by atoms with Gasteiger partial charge in [0, 0.05) is 83.3 Å². The third-order valence-electron chi connectivity index (χ3n) is 8.80. The maximum atomic E-state index is 13.6. The van der Waals surface area contributed by atoms with Crippen LogP contribution in [0.2, 0.25) is 0 Å². The molecule has 6 bridgehead atoms. The van der Waals surface area contributed by atoms with E-state index in [2.05, 4.69) is 81.8 Å². The van der Waals surface area contributed by atoms with Gasteiger partial charge in [0.15, 0.2) is 0 Å². The number of carbonyl (C=O) groups is 3. The van der Waals surface area contributed by atoms with E-state index in [4.69, 9.17) is 0 Å². The normalized spacial score (nSPS) is 14.3. The van der Waals surface area contributed by atoms with Crippen LogP contribution in [0.3, 0.4) is 0 Å². The van der Waals surface area contributed by atoms with Crippen LogP contribution in [0.5, 0.6) is 0 Å². The number of hydrogen-bond acceptors (Lipinski definition) is 5. The number of fused-ring (bicyclic) bond motifs is 6. The van der Waals surface area contributed by atoms with Crippen molar-refractivity contribution in [3.63, 3.8) is 0 Å². The molecule has 3 aromatic rings. The molecule has 0 fully saturated rings. The van der Waals surface area contributed by atoms with Crippen molar-refractivity contribution in [1.29, 1.82) is 0 Å². The molecular weight excluding hydrogens is 598 g/mol. The number of aromatic nitrogens is 2. The molecule has 0 N–H and O–H groups in total. The molecule has 8 nitrogen and oxygen atoms in total. The van der Waals surface area contributed by atoms with Crippen LogP contribution in [-0.2, 0) is 53.7 Å². The van der Waals surface area contributed by atoms with Crippen LogP contribution in [0.4, 0.5) is 0 Å². The fourth-order valence-corrected chi connectivity index (χ4v) is 5.98. The molecule has 0 saturated heterocycles. The smallest absolute Gasteiger partial charge is 0.223 e. The minimum absolute atomic E-state index is 0.0865. The summed E-state index contributed by atoms with van der Waals surface area (Å²) in [6.45, 7) is 15.4. The molecule has 0 radical (unpaired) electrons. The maximum Gasteiger partial charge on any atom is 0.223 e. The largest absolute Gasteiger partial charge is 0.334 e. The van der Waals surface area contributed by atoms with Crippen molar-refractivity contribution in [3.05, 3.63) is 94.6 Å². The van der Waals surface area contributed by atoms with Crippen molar-refractivity contribution in [3.8, 4) is 0 Å². The second-order valence-corrected chi connectivity index (χ2v) is 14.8. The van der Waals surface area contributed by atoms with Gasteiger partial charge in [-0.2, -0.15) is 0 Å². The molecule has 0 unspecified atom stereocenters. The van der Waals surface area contributed by atoms with E-state index in [9.17, 15) is 14.4 Å². The molecule has 4 rings (SSSR count). The van der Waals surface area contributed by atoms with Gasteiger partial charge in [0.25, 0.3) is 0 Å². The van der Waals surface area contributed by atoms with Crippen LogP contribution in [0.15, 0.2) is 61.2 Å². The quantitative estimate of drug-likeness (QED) is 0.236. The summed E-state index contributed by atoms with van der Waals surface area (Å²) in [5.74, 6) is 1.57. The van der Waals surface area contributed by atoms with E-state index in [1.807, 2.05) is 45.6 Å². The molecule has 3 amide bonds. The fourth-order valence-electron chi connectivity index (χ4n) is 5.98. The average Bonchev–Trinajstić information content (AvgIpc) is 3.04. The first-order chi connectivity index (χ1) is 22.9. The minimum atomic E-state index is 0.0865. The Morgan fingerprint density at radius 3 is 1.06 bits per heavy atom. The van der Waals surface area contributed by atoms with Crippen LogP contribution < -0.4 is 0 Å². The highest BCUT2D eigenvalue weighted by Gasteiger charge is 2.21. The molecular formula is C40H55N5O3. The summed E-state index contributed by atoms with van der Waals surface area (Å²) in [5.41, 5.74) is 5.76. The van der Waals surface area contributed by atoms with Gasteiger partial charge in [-0.25, -0.2) is 0 Å². The Hall–Kier alpha value is -4.07. The Morgan fingerprint density at radius 2 is 0.771 bits per heavy atom. The molecule has 0 atom stereocenters. The molecule has 3 heterocycles. The van der Waals surface area contributed by atoms with Crippen molar-refractivity contribution >= 4 is 17.7 Å². The summed E-state index contributed by atoms with van der Waals surface area (Å²) in [6, 6.07) is 12.4. The standard InChI is InChI=1S/C40H55N5O3/c1-29(2)10-13-38(46)43-23-32-8-7-9-33(16-32)24-44(39(47)14-11-30(3)4)26-35-18-37(22-42-20-35)28-45(40(48)15-12-31(5)6)27-36-17-34(25-43)19-41-21-36/h7-9,16-22,29-31H,10-15,23-28H2,1-6H3. The molecule has 48 heavy (non-hydrogen) atoms. The van der Waals surface area contributed by atoms with E-state index in [1.54, 1.807) is 0 Å². The van der Waals surface area contributed by atoms with E-state index in [0.29, 0.717) is 76.3 Å². The lowest BCUT2D eigenvalue weighted by Crippen LogP contribution is -2.32. The Morgan fingerprint density at radius 1 is 0.500 bits per heavy atom. The zero-order chi connectivity index (χ0) is 34.6. The summed E-state index contributed by atoms with van der Waals surface area (Å²) in [5, 5.41) is 0. The van der Waals surface area contributed by atoms with Crippen LogP contribution >= 0.6 is 0 Å². The van der Waals surface area contributed by atoms with Crippen LogP contribution in [0.25, 0.3) is 0 Å². The average molecular weight is 654 g/mol. The molecule has 0 aliphatic carbocycles. The van der Waals surface area contributed by atoms with Crippen LogP contribution in [0, 0.1) is 17.8 Å². The minimum Gasteiger partial charge on any atom is -0.334 e. The van der Waals surface area contributed by atoms with Gasteiger partial charge in [-0.3, -0.25) is 24.4 Å². The molecule has 8 heteroatoms. The highest BCUT2D eigenvalue weighted by atomic mass is 16.2. The summed E-state index contributed by atoms with van der Waals surface area (Å²) in [7, 11) is 0. The monoisotopic (exact) mass is 653 g/mol. The van der Waals surface area contributed by atoms with Gasteiger partial charge in [0.2, 0.25) is 17.7 Å². The van der Waals surface area contributed by atoms with Crippen LogP contribution in [-0.4, -0.2) is 42.4 Å². The third-order valence-corrected chi connectivity index (χ3v) is 8.80. The van der Waals surface area contributed by atoms with Crippen molar-refractivity contribution < 1.29 is 14.4 Å². The lowest BCUT2D eigenvalue weighted by atomic mass is 10.0. The molecule has 258 valence electrons. The van der Waals surface area contributed by atoms with Gasteiger partial charge < -0.3 is 14.7 Å². The molecule has 0 spiro atoms. The van der Waals surface area contributed by atoms with E-state index in [0.717, 1.165) is 52.6 Å². The summed E-state index contributed by atoms with van der Waals surface area (Å²) in [6.07, 6.45) is 11.1. The van der Waals surface area contributed by atoms with E-state index >= 15 is 0 Å². The Labute approximate surface area is 288 Å². The molecule has 1 aliphatic heterocycles. The van der Waals surface area contributed by atoms with E-state index in [1.165, 1.54) is 0 Å². The third kappa shape index (κ3) is 11.9. The summed E-state index contributed by atoms with van der Waals surface area (Å²) >= 11 is 0. The second kappa shape index (κ2) is 17.9. The molecule has 1 aromatic carbocycles. The lowest BCUT2D eigenvalue weighted by Gasteiger charge is -2.27. The fraction of sp³-hybridized carbons (Fsp3) is 0.525. The van der Waals surface area contributed by atoms with Gasteiger partial charge in [-0.15, -0.1) is 0 Å². The van der Waals surface area contributed by atoms with Crippen molar-refractivity contribution in [2.75, 3.05) is 0 Å². The number of hydrogen-bond donors (Lipinski definition) is 0. The van der Waals surface area contributed by atoms with Gasteiger partial charge in [-0.1, -0.05) is 65.8 Å². The topological polar surface area (TPSA) is 86.7 Å². The predicted molar refractivity (Wildman–Crippen MR) is 190 cm³/mol. The Bertz CT molecular complexity index is 1270. The predicted octanol–water partition coefficient (Wildman–Crippen LogP) is 7.69. The number of benzene rings is 1. The Kier molecular flexibility index (Phi) is 13.7. The highest BCUT2D eigenvalue weighted by molar-refractivity contribution is 5.77. The van der Waals surface area contributed by atoms with E-state index in [-0.39, 0.29) is 17.7 Å². The highest BCUT2D eigenvalue weighted by Crippen LogP contribution is 2.21. The first-order valence-electron chi connectivity index (χ1n) is 17.7. The Balaban J connectivity index is 1.75. The molecule has 1 aliphatic rings. The maximum absolute atomic E-state index is 13.6. The number of nitrogens with zero attached hydrogens (tertiary/aromatic N) is 5. The van der Waals surface area contributed by atoms with Crippen LogP contribution in [0.1, 0.15) is 113 Å². The van der Waals surface area contributed by atoms with Gasteiger partial charge in [0.1, 0.15) is 0 Å². The number of rotatable bonds is 9. The van der Waals surface area contributed by atoms with E-state index < -0.39 is 0 Å². The second-order valence-electron chi connectivity index (χ2n) is 14.8. The van der Waals surface area contributed by atoms with Gasteiger partial charge in [-0.05, 0) is 82.5 Å². The van der Waals surface area contributed by atoms with Gasteiger partial charge >= 0.3 is 0 Å².